The molecule has 30 heavy (non-hydrogen) atoms. The molecule has 1 aromatic carbocycles. The van der Waals surface area contributed by atoms with Crippen LogP contribution in [0, 0.1) is 0 Å². The van der Waals surface area contributed by atoms with Gasteiger partial charge in [0.25, 0.3) is 0 Å². The lowest BCUT2D eigenvalue weighted by Crippen LogP contribution is -2.33. The van der Waals surface area contributed by atoms with Crippen molar-refractivity contribution in [2.75, 3.05) is 5.32 Å². The Bertz CT molecular complexity index is 1030. The van der Waals surface area contributed by atoms with Crippen LogP contribution in [0.3, 0.4) is 0 Å². The molecule has 1 aromatic heterocycles. The number of hydrogen-bond acceptors (Lipinski definition) is 6. The van der Waals surface area contributed by atoms with E-state index in [9.17, 15) is 13.2 Å². The third-order valence-corrected chi connectivity index (χ3v) is 6.68. The molecule has 0 radical (unpaired) electrons. The van der Waals surface area contributed by atoms with Gasteiger partial charge in [0, 0.05) is 36.0 Å². The van der Waals surface area contributed by atoms with E-state index < -0.39 is 10.0 Å². The number of rotatable bonds is 5. The van der Waals surface area contributed by atoms with Gasteiger partial charge in [-0.15, -0.1) is 0 Å². The molecule has 1 aliphatic heterocycles. The Balaban J connectivity index is 1.36. The minimum absolute atomic E-state index is 0.00920. The summed E-state index contributed by atoms with van der Waals surface area (Å²) in [6, 6.07) is 7.67. The van der Waals surface area contributed by atoms with Crippen molar-refractivity contribution >= 4 is 27.6 Å². The molecule has 162 valence electrons. The molecule has 2 aromatic rings. The minimum Gasteiger partial charge on any atom is -0.446 e. The van der Waals surface area contributed by atoms with E-state index in [4.69, 9.17) is 4.74 Å². The zero-order valence-corrected chi connectivity index (χ0v) is 17.9. The highest BCUT2D eigenvalue weighted by molar-refractivity contribution is 7.88. The SMILES string of the molecule is CC(C)NC(=O)O[C@@H]1CC[C@H](c2cc(Nc3ccc4c(c3)CNS(=O)(=O)C4)n[nH]2)C1. The second-order valence-electron chi connectivity index (χ2n) is 8.23. The number of alkyl carbamates (subject to hydrolysis) is 1. The first-order valence-electron chi connectivity index (χ1n) is 10.2. The third kappa shape index (κ3) is 4.93. The highest BCUT2D eigenvalue weighted by Crippen LogP contribution is 2.36. The van der Waals surface area contributed by atoms with Crippen LogP contribution in [0.5, 0.6) is 0 Å². The highest BCUT2D eigenvalue weighted by Gasteiger charge is 2.30. The number of benzene rings is 1. The number of hydrogen-bond donors (Lipinski definition) is 4. The number of anilines is 2. The van der Waals surface area contributed by atoms with Crippen LogP contribution in [-0.4, -0.2) is 36.9 Å². The molecule has 1 saturated carbocycles. The van der Waals surface area contributed by atoms with Crippen LogP contribution >= 0.6 is 0 Å². The summed E-state index contributed by atoms with van der Waals surface area (Å²) >= 11 is 0. The summed E-state index contributed by atoms with van der Waals surface area (Å²) in [6.45, 7) is 4.10. The lowest BCUT2D eigenvalue weighted by Gasteiger charge is -2.18. The average molecular weight is 434 g/mol. The van der Waals surface area contributed by atoms with Crippen molar-refractivity contribution < 1.29 is 17.9 Å². The van der Waals surface area contributed by atoms with Crippen LogP contribution in [0.15, 0.2) is 24.3 Å². The molecule has 9 nitrogen and oxygen atoms in total. The van der Waals surface area contributed by atoms with E-state index in [1.54, 1.807) is 0 Å². The smallest absolute Gasteiger partial charge is 0.407 e. The van der Waals surface area contributed by atoms with Crippen molar-refractivity contribution in [3.63, 3.8) is 0 Å². The molecule has 1 fully saturated rings. The molecule has 0 saturated heterocycles. The van der Waals surface area contributed by atoms with Gasteiger partial charge in [-0.05, 0) is 56.4 Å². The van der Waals surface area contributed by atoms with Crippen molar-refractivity contribution in [1.82, 2.24) is 20.2 Å². The lowest BCUT2D eigenvalue weighted by atomic mass is 10.0. The first kappa shape index (κ1) is 20.7. The number of nitrogens with zero attached hydrogens (tertiary/aromatic N) is 1. The van der Waals surface area contributed by atoms with Gasteiger partial charge in [-0.3, -0.25) is 5.10 Å². The standard InChI is InChI=1S/C20H27N5O4S/c1-12(2)22-20(26)29-17-6-4-13(8-17)18-9-19(25-24-18)23-16-5-3-14-11-30(27,28)21-10-15(14)7-16/h3,5,7,9,12-13,17,21H,4,6,8,10-11H2,1-2H3,(H,22,26)(H2,23,24,25)/t13-,17+/m0/s1. The van der Waals surface area contributed by atoms with Crippen molar-refractivity contribution in [2.45, 2.75) is 63.5 Å². The van der Waals surface area contributed by atoms with Crippen LogP contribution in [0.25, 0.3) is 0 Å². The largest absolute Gasteiger partial charge is 0.446 e. The summed E-state index contributed by atoms with van der Waals surface area (Å²) in [4.78, 5) is 11.8. The fourth-order valence-electron chi connectivity index (χ4n) is 3.96. The number of amides is 1. The van der Waals surface area contributed by atoms with Gasteiger partial charge in [0.15, 0.2) is 5.82 Å². The number of ether oxygens (including phenoxy) is 1. The number of aromatic amines is 1. The molecule has 1 amide bonds. The van der Waals surface area contributed by atoms with Gasteiger partial charge in [-0.25, -0.2) is 17.9 Å². The molecule has 2 heterocycles. The topological polar surface area (TPSA) is 125 Å². The molecular weight excluding hydrogens is 406 g/mol. The van der Waals surface area contributed by atoms with Gasteiger partial charge < -0.3 is 15.4 Å². The van der Waals surface area contributed by atoms with Crippen molar-refractivity contribution in [1.29, 1.82) is 0 Å². The Kier molecular flexibility index (Phi) is 5.70. The van der Waals surface area contributed by atoms with Crippen LogP contribution in [0.1, 0.15) is 55.8 Å². The molecule has 0 bridgehead atoms. The fourth-order valence-corrected chi connectivity index (χ4v) is 5.13. The molecule has 2 aliphatic rings. The maximum Gasteiger partial charge on any atom is 0.407 e. The maximum absolute atomic E-state index is 11.8. The van der Waals surface area contributed by atoms with E-state index in [0.29, 0.717) is 12.4 Å². The molecular formula is C20H27N5O4S. The average Bonchev–Trinajstić information content (AvgIpc) is 3.30. The van der Waals surface area contributed by atoms with Gasteiger partial charge in [-0.1, -0.05) is 6.07 Å². The molecule has 10 heteroatoms. The molecule has 4 N–H and O–H groups in total. The zero-order chi connectivity index (χ0) is 21.3. The fraction of sp³-hybridized carbons (Fsp3) is 0.500. The molecule has 4 rings (SSSR count). The van der Waals surface area contributed by atoms with Gasteiger partial charge in [0.05, 0.1) is 5.75 Å². The molecule has 0 unspecified atom stereocenters. The first-order chi connectivity index (χ1) is 14.3. The molecule has 1 aliphatic carbocycles. The quantitative estimate of drug-likeness (QED) is 0.575. The summed E-state index contributed by atoms with van der Waals surface area (Å²) < 4.78 is 31.4. The van der Waals surface area contributed by atoms with E-state index in [-0.39, 0.29) is 29.9 Å². The third-order valence-electron chi connectivity index (χ3n) is 5.41. The van der Waals surface area contributed by atoms with Gasteiger partial charge >= 0.3 is 6.09 Å². The summed E-state index contributed by atoms with van der Waals surface area (Å²) in [7, 11) is -3.22. The predicted molar refractivity (Wildman–Crippen MR) is 113 cm³/mol. The summed E-state index contributed by atoms with van der Waals surface area (Å²) in [5.74, 6) is 0.973. The number of H-pyrrole nitrogens is 1. The lowest BCUT2D eigenvalue weighted by molar-refractivity contribution is 0.0981. The van der Waals surface area contributed by atoms with Gasteiger partial charge in [0.1, 0.15) is 6.10 Å². The number of nitrogens with one attached hydrogen (secondary N) is 4. The number of aromatic nitrogens is 2. The Morgan fingerprint density at radius 3 is 2.87 bits per heavy atom. The summed E-state index contributed by atoms with van der Waals surface area (Å²) in [6.07, 6.45) is 2.08. The monoisotopic (exact) mass is 433 g/mol. The molecule has 0 spiro atoms. The molecule has 2 atom stereocenters. The Morgan fingerprint density at radius 1 is 1.23 bits per heavy atom. The van der Waals surface area contributed by atoms with Crippen LogP contribution < -0.4 is 15.4 Å². The number of carbonyl (C=O) groups excluding carboxylic acids is 1. The normalized spacial score (nSPS) is 22.5. The Hall–Kier alpha value is -2.59. The maximum atomic E-state index is 11.8. The van der Waals surface area contributed by atoms with Crippen LogP contribution in [0.2, 0.25) is 0 Å². The second-order valence-corrected chi connectivity index (χ2v) is 10.0. The van der Waals surface area contributed by atoms with E-state index in [1.807, 2.05) is 38.1 Å². The van der Waals surface area contributed by atoms with E-state index in [2.05, 4.69) is 25.6 Å². The highest BCUT2D eigenvalue weighted by atomic mass is 32.2. The minimum atomic E-state index is -3.22. The van der Waals surface area contributed by atoms with Crippen molar-refractivity contribution in [3.05, 3.63) is 41.1 Å². The van der Waals surface area contributed by atoms with Crippen molar-refractivity contribution in [3.8, 4) is 0 Å². The van der Waals surface area contributed by atoms with Gasteiger partial charge in [0.2, 0.25) is 10.0 Å². The first-order valence-corrected chi connectivity index (χ1v) is 11.8. The number of fused-ring (bicyclic) bond motifs is 1. The zero-order valence-electron chi connectivity index (χ0n) is 17.1. The van der Waals surface area contributed by atoms with Crippen LogP contribution in [-0.2, 0) is 27.1 Å². The van der Waals surface area contributed by atoms with E-state index in [1.165, 1.54) is 0 Å². The van der Waals surface area contributed by atoms with E-state index >= 15 is 0 Å². The number of carbonyl (C=O) groups is 1. The van der Waals surface area contributed by atoms with Gasteiger partial charge in [-0.2, -0.15) is 5.10 Å². The Labute approximate surface area is 176 Å². The van der Waals surface area contributed by atoms with Crippen LogP contribution in [0.4, 0.5) is 16.3 Å². The number of sulfonamides is 1. The van der Waals surface area contributed by atoms with Crippen molar-refractivity contribution in [2.24, 2.45) is 0 Å². The summed E-state index contributed by atoms with van der Waals surface area (Å²) in [5.41, 5.74) is 3.64. The van der Waals surface area contributed by atoms with E-state index in [0.717, 1.165) is 41.8 Å². The predicted octanol–water partition coefficient (Wildman–Crippen LogP) is 2.86. The second kappa shape index (κ2) is 8.27. The summed E-state index contributed by atoms with van der Waals surface area (Å²) in [5, 5.41) is 13.5. The Morgan fingerprint density at radius 2 is 2.07 bits per heavy atom.